The van der Waals surface area contributed by atoms with E-state index in [0.717, 1.165) is 42.1 Å². The zero-order valence-electron chi connectivity index (χ0n) is 17.7. The van der Waals surface area contributed by atoms with Gasteiger partial charge < -0.3 is 15.4 Å². The average Bonchev–Trinajstić information content (AvgIpc) is 3.50. The van der Waals surface area contributed by atoms with Gasteiger partial charge in [-0.05, 0) is 23.4 Å². The van der Waals surface area contributed by atoms with E-state index in [2.05, 4.69) is 67.5 Å². The molecule has 10 heteroatoms. The van der Waals surface area contributed by atoms with E-state index in [1.807, 2.05) is 6.07 Å². The number of thioether (sulfide) groups is 1. The maximum Gasteiger partial charge on any atom is 0.230 e. The summed E-state index contributed by atoms with van der Waals surface area (Å²) in [6, 6.07) is 14.6. The van der Waals surface area contributed by atoms with E-state index in [1.165, 1.54) is 33.5 Å². The molecule has 0 radical (unpaired) electrons. The molecule has 1 amide bonds. The Morgan fingerprint density at radius 2 is 2.12 bits per heavy atom. The van der Waals surface area contributed by atoms with Gasteiger partial charge in [0.25, 0.3) is 0 Å². The summed E-state index contributed by atoms with van der Waals surface area (Å²) in [5.74, 6) is 0.311. The Labute approximate surface area is 200 Å². The van der Waals surface area contributed by atoms with Crippen molar-refractivity contribution in [1.29, 1.82) is 0 Å². The fraction of sp³-hybridized carbons (Fsp3) is 0.409. The molecule has 7 nitrogen and oxygen atoms in total. The van der Waals surface area contributed by atoms with Gasteiger partial charge in [0.1, 0.15) is 0 Å². The molecule has 2 N–H and O–H groups in total. The van der Waals surface area contributed by atoms with Gasteiger partial charge in [-0.1, -0.05) is 59.5 Å². The Balaban J connectivity index is 1.12. The van der Waals surface area contributed by atoms with Crippen molar-refractivity contribution in [3.63, 3.8) is 0 Å². The van der Waals surface area contributed by atoms with E-state index >= 15 is 0 Å². The highest BCUT2D eigenvalue weighted by Crippen LogP contribution is 2.25. The number of aromatic nitrogens is 2. The lowest BCUT2D eigenvalue weighted by Gasteiger charge is -2.33. The Kier molecular flexibility index (Phi) is 8.92. The van der Waals surface area contributed by atoms with Gasteiger partial charge in [0, 0.05) is 37.6 Å². The van der Waals surface area contributed by atoms with Crippen LogP contribution in [0.3, 0.4) is 0 Å². The SMILES string of the molecule is O=C(CSc1nnc(NCCc2cccs2)s1)NCC1CN(Cc2ccccc2)CCO1. The summed E-state index contributed by atoms with van der Waals surface area (Å²) < 4.78 is 6.63. The first-order chi connectivity index (χ1) is 15.7. The van der Waals surface area contributed by atoms with Crippen LogP contribution in [0.4, 0.5) is 5.13 Å². The molecule has 1 unspecified atom stereocenters. The number of carbonyl (C=O) groups is 1. The van der Waals surface area contributed by atoms with E-state index in [4.69, 9.17) is 4.74 Å². The van der Waals surface area contributed by atoms with Crippen LogP contribution in [0, 0.1) is 0 Å². The van der Waals surface area contributed by atoms with Crippen LogP contribution in [0.5, 0.6) is 0 Å². The van der Waals surface area contributed by atoms with Crippen LogP contribution in [0.1, 0.15) is 10.4 Å². The predicted molar refractivity (Wildman–Crippen MR) is 132 cm³/mol. The minimum atomic E-state index is -0.0128. The van der Waals surface area contributed by atoms with Crippen molar-refractivity contribution in [2.24, 2.45) is 0 Å². The van der Waals surface area contributed by atoms with Crippen molar-refractivity contribution < 1.29 is 9.53 Å². The molecule has 1 saturated heterocycles. The summed E-state index contributed by atoms with van der Waals surface area (Å²) in [7, 11) is 0. The molecule has 3 aromatic rings. The third-order valence-electron chi connectivity index (χ3n) is 4.96. The molecule has 3 heterocycles. The molecular weight excluding hydrogens is 462 g/mol. The first-order valence-corrected chi connectivity index (χ1v) is 13.3. The van der Waals surface area contributed by atoms with Crippen molar-refractivity contribution in [2.75, 3.05) is 43.9 Å². The Morgan fingerprint density at radius 3 is 2.97 bits per heavy atom. The summed E-state index contributed by atoms with van der Waals surface area (Å²) in [4.78, 5) is 16.0. The molecule has 1 fully saturated rings. The third kappa shape index (κ3) is 7.56. The normalized spacial score (nSPS) is 16.7. The zero-order chi connectivity index (χ0) is 22.0. The Morgan fingerprint density at radius 1 is 1.22 bits per heavy atom. The third-order valence-corrected chi connectivity index (χ3v) is 7.91. The van der Waals surface area contributed by atoms with Gasteiger partial charge in [0.15, 0.2) is 4.34 Å². The van der Waals surface area contributed by atoms with Gasteiger partial charge in [-0.25, -0.2) is 0 Å². The number of thiophene rings is 1. The number of morpholine rings is 1. The predicted octanol–water partition coefficient (Wildman–Crippen LogP) is 3.36. The largest absolute Gasteiger partial charge is 0.374 e. The van der Waals surface area contributed by atoms with Crippen LogP contribution < -0.4 is 10.6 Å². The molecule has 0 aliphatic carbocycles. The highest BCUT2D eigenvalue weighted by molar-refractivity contribution is 8.01. The molecule has 170 valence electrons. The monoisotopic (exact) mass is 489 g/mol. The summed E-state index contributed by atoms with van der Waals surface area (Å²) in [5.41, 5.74) is 1.30. The first kappa shape index (κ1) is 23.2. The zero-order valence-corrected chi connectivity index (χ0v) is 20.2. The lowest BCUT2D eigenvalue weighted by atomic mass is 10.2. The summed E-state index contributed by atoms with van der Waals surface area (Å²) in [5, 5.41) is 17.5. The number of carbonyl (C=O) groups excluding carboxylic acids is 1. The van der Waals surface area contributed by atoms with Gasteiger partial charge >= 0.3 is 0 Å². The molecule has 1 aliphatic heterocycles. The molecule has 32 heavy (non-hydrogen) atoms. The van der Waals surface area contributed by atoms with Crippen LogP contribution in [0.2, 0.25) is 0 Å². The molecule has 0 spiro atoms. The minimum absolute atomic E-state index is 0.0128. The quantitative estimate of drug-likeness (QED) is 0.400. The lowest BCUT2D eigenvalue weighted by Crippen LogP contribution is -2.47. The average molecular weight is 490 g/mol. The van der Waals surface area contributed by atoms with E-state index in [1.54, 1.807) is 11.3 Å². The number of rotatable bonds is 11. The second-order valence-electron chi connectivity index (χ2n) is 7.44. The van der Waals surface area contributed by atoms with Crippen LogP contribution in [0.15, 0.2) is 52.2 Å². The van der Waals surface area contributed by atoms with Gasteiger partial charge in [0.2, 0.25) is 11.0 Å². The second-order valence-corrected chi connectivity index (χ2v) is 10.7. The second kappa shape index (κ2) is 12.3. The summed E-state index contributed by atoms with van der Waals surface area (Å²) >= 11 is 4.65. The number of ether oxygens (including phenoxy) is 1. The molecule has 0 bridgehead atoms. The van der Waals surface area contributed by atoms with Crippen molar-refractivity contribution >= 4 is 45.5 Å². The fourth-order valence-electron chi connectivity index (χ4n) is 3.38. The van der Waals surface area contributed by atoms with E-state index in [0.29, 0.717) is 18.9 Å². The smallest absolute Gasteiger partial charge is 0.230 e. The summed E-state index contributed by atoms with van der Waals surface area (Å²) in [6.07, 6.45) is 0.982. The molecule has 1 atom stereocenters. The molecular formula is C22H27N5O2S3. The van der Waals surface area contributed by atoms with E-state index < -0.39 is 0 Å². The number of benzene rings is 1. The molecule has 1 aliphatic rings. The van der Waals surface area contributed by atoms with Gasteiger partial charge in [0.05, 0.1) is 18.5 Å². The minimum Gasteiger partial charge on any atom is -0.374 e. The number of nitrogens with one attached hydrogen (secondary N) is 2. The standard InChI is InChI=1S/C22H27N5O2S3/c28-20(16-31-22-26-25-21(32-22)23-9-8-19-7-4-12-30-19)24-13-18-15-27(10-11-29-18)14-17-5-2-1-3-6-17/h1-7,12,18H,8-11,13-16H2,(H,23,25)(H,24,28). The number of amides is 1. The first-order valence-electron chi connectivity index (χ1n) is 10.6. The van der Waals surface area contributed by atoms with Crippen LogP contribution in [0.25, 0.3) is 0 Å². The molecule has 4 rings (SSSR count). The van der Waals surface area contributed by atoms with Crippen LogP contribution >= 0.6 is 34.4 Å². The number of nitrogens with zero attached hydrogens (tertiary/aromatic N) is 3. The van der Waals surface area contributed by atoms with Crippen molar-refractivity contribution in [1.82, 2.24) is 20.4 Å². The molecule has 0 saturated carbocycles. The molecule has 1 aromatic carbocycles. The maximum absolute atomic E-state index is 12.3. The number of hydrogen-bond acceptors (Lipinski definition) is 9. The Bertz CT molecular complexity index is 952. The van der Waals surface area contributed by atoms with Crippen molar-refractivity contribution in [3.05, 3.63) is 58.3 Å². The topological polar surface area (TPSA) is 79.4 Å². The van der Waals surface area contributed by atoms with E-state index in [9.17, 15) is 4.79 Å². The Hall–Kier alpha value is -1.98. The van der Waals surface area contributed by atoms with Crippen molar-refractivity contribution in [3.8, 4) is 0 Å². The van der Waals surface area contributed by atoms with Crippen LogP contribution in [-0.2, 0) is 22.5 Å². The van der Waals surface area contributed by atoms with Gasteiger partial charge in [-0.2, -0.15) is 0 Å². The highest BCUT2D eigenvalue weighted by Gasteiger charge is 2.21. The van der Waals surface area contributed by atoms with Crippen molar-refractivity contribution in [2.45, 2.75) is 23.4 Å². The highest BCUT2D eigenvalue weighted by atomic mass is 32.2. The van der Waals surface area contributed by atoms with Gasteiger partial charge in [-0.15, -0.1) is 21.5 Å². The lowest BCUT2D eigenvalue weighted by molar-refractivity contribution is -0.119. The van der Waals surface area contributed by atoms with E-state index in [-0.39, 0.29) is 12.0 Å². The van der Waals surface area contributed by atoms with Gasteiger partial charge in [-0.3, -0.25) is 9.69 Å². The fourth-order valence-corrected chi connectivity index (χ4v) is 5.70. The number of hydrogen-bond donors (Lipinski definition) is 2. The van der Waals surface area contributed by atoms with Crippen LogP contribution in [-0.4, -0.2) is 65.6 Å². The molecule has 2 aromatic heterocycles. The number of anilines is 1. The summed E-state index contributed by atoms with van der Waals surface area (Å²) in [6.45, 7) is 4.68. The maximum atomic E-state index is 12.3.